The van der Waals surface area contributed by atoms with E-state index in [1.165, 1.54) is 0 Å². The van der Waals surface area contributed by atoms with Gasteiger partial charge in [0.1, 0.15) is 0 Å². The van der Waals surface area contributed by atoms with E-state index in [2.05, 4.69) is 0 Å². The minimum atomic E-state index is -0.893. The largest absolute Gasteiger partial charge is 0.465 e. The van der Waals surface area contributed by atoms with Crippen molar-refractivity contribution in [3.05, 3.63) is 0 Å². The molecule has 66 valence electrons. The van der Waals surface area contributed by atoms with Gasteiger partial charge in [-0.05, 0) is 13.3 Å². The molecule has 1 saturated heterocycles. The molecule has 2 unspecified atom stereocenters. The molecule has 4 nitrogen and oxygen atoms in total. The lowest BCUT2D eigenvalue weighted by Crippen LogP contribution is -2.26. The van der Waals surface area contributed by atoms with Gasteiger partial charge in [0.15, 0.2) is 5.41 Å². The van der Waals surface area contributed by atoms with Gasteiger partial charge >= 0.3 is 11.9 Å². The van der Waals surface area contributed by atoms with Crippen LogP contribution in [-0.2, 0) is 19.1 Å². The number of hydrogen-bond donors (Lipinski definition) is 0. The maximum absolute atomic E-state index is 11.3. The lowest BCUT2D eigenvalue weighted by Gasteiger charge is -2.06. The zero-order chi connectivity index (χ0) is 8.77. The third-order valence-corrected chi connectivity index (χ3v) is 2.52. The van der Waals surface area contributed by atoms with E-state index in [1.54, 1.807) is 6.92 Å². The summed E-state index contributed by atoms with van der Waals surface area (Å²) in [6.45, 7) is 2.43. The monoisotopic (exact) mass is 170 g/mol. The molecule has 0 aromatic carbocycles. The van der Waals surface area contributed by atoms with Gasteiger partial charge in [-0.25, -0.2) is 0 Å². The average Bonchev–Trinajstić information content (AvgIpc) is 2.69. The second-order valence-electron chi connectivity index (χ2n) is 3.19. The first-order valence-electron chi connectivity index (χ1n) is 4.06. The average molecular weight is 170 g/mol. The number of hydrogen-bond acceptors (Lipinski definition) is 4. The smallest absolute Gasteiger partial charge is 0.323 e. The molecular formula is C8H10O4. The second kappa shape index (κ2) is 2.21. The first-order chi connectivity index (χ1) is 5.71. The lowest BCUT2D eigenvalue weighted by molar-refractivity contribution is -0.159. The van der Waals surface area contributed by atoms with Crippen LogP contribution in [0, 0.1) is 11.3 Å². The summed E-state index contributed by atoms with van der Waals surface area (Å²) in [6.07, 6.45) is 0.616. The van der Waals surface area contributed by atoms with Crippen LogP contribution in [0.5, 0.6) is 0 Å². The minimum absolute atomic E-state index is 0.0871. The fourth-order valence-electron chi connectivity index (χ4n) is 1.68. The summed E-state index contributed by atoms with van der Waals surface area (Å²) >= 11 is 0. The van der Waals surface area contributed by atoms with Gasteiger partial charge in [-0.3, -0.25) is 9.59 Å². The first kappa shape index (κ1) is 7.58. The molecule has 0 radical (unpaired) electrons. The van der Waals surface area contributed by atoms with E-state index < -0.39 is 17.4 Å². The fraction of sp³-hybridized carbons (Fsp3) is 0.750. The molecular weight excluding hydrogens is 160 g/mol. The van der Waals surface area contributed by atoms with Crippen LogP contribution < -0.4 is 0 Å². The van der Waals surface area contributed by atoms with E-state index in [9.17, 15) is 9.59 Å². The molecule has 1 aliphatic carbocycles. The Hall–Kier alpha value is -1.06. The van der Waals surface area contributed by atoms with Gasteiger partial charge in [0.25, 0.3) is 0 Å². The van der Waals surface area contributed by atoms with Crippen LogP contribution in [0.4, 0.5) is 0 Å². The quantitative estimate of drug-likeness (QED) is 0.436. The van der Waals surface area contributed by atoms with Crippen molar-refractivity contribution in [2.45, 2.75) is 13.3 Å². The Labute approximate surface area is 69.8 Å². The van der Waals surface area contributed by atoms with E-state index in [1.807, 2.05) is 0 Å². The van der Waals surface area contributed by atoms with Crippen LogP contribution in [-0.4, -0.2) is 25.2 Å². The normalized spacial score (nSPS) is 37.1. The Kier molecular flexibility index (Phi) is 1.40. The highest BCUT2D eigenvalue weighted by molar-refractivity contribution is 6.05. The molecule has 2 aliphatic rings. The Bertz CT molecular complexity index is 247. The maximum atomic E-state index is 11.3. The van der Waals surface area contributed by atoms with Crippen molar-refractivity contribution in [1.82, 2.24) is 0 Å². The van der Waals surface area contributed by atoms with Crippen molar-refractivity contribution in [3.63, 3.8) is 0 Å². The molecule has 2 fully saturated rings. The summed E-state index contributed by atoms with van der Waals surface area (Å²) in [7, 11) is 0. The predicted octanol–water partition coefficient (Wildman–Crippen LogP) is 0.113. The van der Waals surface area contributed by atoms with Gasteiger partial charge < -0.3 is 9.47 Å². The van der Waals surface area contributed by atoms with Crippen molar-refractivity contribution < 1.29 is 19.1 Å². The molecule has 2 atom stereocenters. The van der Waals surface area contributed by atoms with E-state index in [-0.39, 0.29) is 5.92 Å². The number of carbonyl (C=O) groups excluding carboxylic acids is 2. The molecule has 1 heterocycles. The van der Waals surface area contributed by atoms with Gasteiger partial charge in [0.05, 0.1) is 13.2 Å². The third kappa shape index (κ3) is 0.722. The van der Waals surface area contributed by atoms with Gasteiger partial charge in [-0.1, -0.05) is 0 Å². The van der Waals surface area contributed by atoms with Crippen LogP contribution in [0.25, 0.3) is 0 Å². The lowest BCUT2D eigenvalue weighted by atomic mass is 10.1. The molecule has 1 saturated carbocycles. The molecule has 2 rings (SSSR count). The summed E-state index contributed by atoms with van der Waals surface area (Å²) in [5.74, 6) is -0.715. The molecule has 0 N–H and O–H groups in total. The summed E-state index contributed by atoms with van der Waals surface area (Å²) in [5.41, 5.74) is -0.893. The van der Waals surface area contributed by atoms with E-state index in [4.69, 9.17) is 9.47 Å². The third-order valence-electron chi connectivity index (χ3n) is 2.52. The topological polar surface area (TPSA) is 52.6 Å². The molecule has 1 aliphatic heterocycles. The van der Waals surface area contributed by atoms with E-state index >= 15 is 0 Å². The van der Waals surface area contributed by atoms with Crippen LogP contribution >= 0.6 is 0 Å². The van der Waals surface area contributed by atoms with Crippen molar-refractivity contribution in [1.29, 1.82) is 0 Å². The Balaban J connectivity index is 2.13. The van der Waals surface area contributed by atoms with Crippen LogP contribution in [0.2, 0.25) is 0 Å². The Morgan fingerprint density at radius 2 is 2.58 bits per heavy atom. The number of ether oxygens (including phenoxy) is 2. The first-order valence-corrected chi connectivity index (χ1v) is 4.06. The summed E-state index contributed by atoms with van der Waals surface area (Å²) in [4.78, 5) is 22.4. The number of rotatable bonds is 2. The van der Waals surface area contributed by atoms with Gasteiger partial charge in [0, 0.05) is 5.92 Å². The maximum Gasteiger partial charge on any atom is 0.323 e. The molecule has 12 heavy (non-hydrogen) atoms. The Morgan fingerprint density at radius 1 is 1.83 bits per heavy atom. The van der Waals surface area contributed by atoms with Crippen molar-refractivity contribution >= 4 is 11.9 Å². The molecule has 0 spiro atoms. The van der Waals surface area contributed by atoms with E-state index in [0.717, 1.165) is 0 Å². The molecule has 4 heteroatoms. The number of carbonyl (C=O) groups is 2. The van der Waals surface area contributed by atoms with Gasteiger partial charge in [0.2, 0.25) is 0 Å². The van der Waals surface area contributed by atoms with Crippen molar-refractivity contribution in [2.24, 2.45) is 11.3 Å². The van der Waals surface area contributed by atoms with Crippen LogP contribution in [0.3, 0.4) is 0 Å². The molecule has 0 bridgehead atoms. The highest BCUT2D eigenvalue weighted by atomic mass is 16.6. The molecule has 0 aromatic rings. The predicted molar refractivity (Wildman–Crippen MR) is 38.1 cm³/mol. The summed E-state index contributed by atoms with van der Waals surface area (Å²) in [6, 6.07) is 0. The summed E-state index contributed by atoms with van der Waals surface area (Å²) < 4.78 is 9.55. The van der Waals surface area contributed by atoms with Crippen LogP contribution in [0.15, 0.2) is 0 Å². The Morgan fingerprint density at radius 3 is 3.00 bits per heavy atom. The number of esters is 2. The number of cyclic esters (lactones) is 1. The zero-order valence-electron chi connectivity index (χ0n) is 6.83. The molecule has 0 amide bonds. The highest BCUT2D eigenvalue weighted by Gasteiger charge is 2.72. The fourth-order valence-corrected chi connectivity index (χ4v) is 1.68. The molecule has 0 aromatic heterocycles. The van der Waals surface area contributed by atoms with Crippen molar-refractivity contribution in [3.8, 4) is 0 Å². The van der Waals surface area contributed by atoms with E-state index in [0.29, 0.717) is 19.6 Å². The SMILES string of the molecule is CCOC(=O)C12CC1COC2=O. The highest BCUT2D eigenvalue weighted by Crippen LogP contribution is 2.58. The zero-order valence-corrected chi connectivity index (χ0v) is 6.83. The second-order valence-corrected chi connectivity index (χ2v) is 3.19. The number of fused-ring (bicyclic) bond motifs is 1. The van der Waals surface area contributed by atoms with Crippen molar-refractivity contribution in [2.75, 3.05) is 13.2 Å². The van der Waals surface area contributed by atoms with Gasteiger partial charge in [-0.2, -0.15) is 0 Å². The van der Waals surface area contributed by atoms with Crippen LogP contribution in [0.1, 0.15) is 13.3 Å². The summed E-state index contributed by atoms with van der Waals surface area (Å²) in [5, 5.41) is 0. The standard InChI is InChI=1S/C8H10O4/c1-2-11-6(9)8-3-5(8)4-12-7(8)10/h5H,2-4H2,1H3. The minimum Gasteiger partial charge on any atom is -0.465 e. The van der Waals surface area contributed by atoms with Gasteiger partial charge in [-0.15, -0.1) is 0 Å².